The first kappa shape index (κ1) is 12.3. The zero-order chi connectivity index (χ0) is 14.4. The Hall–Kier alpha value is -2.43. The molecule has 0 spiro atoms. The Bertz CT molecular complexity index is 719. The van der Waals surface area contributed by atoms with Gasteiger partial charge in [-0.3, -0.25) is 4.79 Å². The fourth-order valence-electron chi connectivity index (χ4n) is 3.35. The van der Waals surface area contributed by atoms with Gasteiger partial charge in [-0.2, -0.15) is 10.1 Å². The summed E-state index contributed by atoms with van der Waals surface area (Å²) in [4.78, 5) is 16.9. The van der Waals surface area contributed by atoms with Gasteiger partial charge < -0.3 is 5.32 Å². The molecule has 0 fully saturated rings. The number of ketones is 1. The maximum atomic E-state index is 12.6. The van der Waals surface area contributed by atoms with Crippen molar-refractivity contribution in [1.29, 1.82) is 0 Å². The number of hydrogen-bond donors (Lipinski definition) is 1. The van der Waals surface area contributed by atoms with Gasteiger partial charge in [0.25, 0.3) is 0 Å². The summed E-state index contributed by atoms with van der Waals surface area (Å²) in [5.41, 5.74) is 2.05. The molecule has 1 aliphatic carbocycles. The summed E-state index contributed by atoms with van der Waals surface area (Å²) in [6.07, 6.45) is 4.27. The van der Waals surface area contributed by atoms with Crippen molar-refractivity contribution in [2.75, 3.05) is 5.32 Å². The van der Waals surface area contributed by atoms with Gasteiger partial charge in [-0.25, -0.2) is 4.68 Å². The van der Waals surface area contributed by atoms with Crippen molar-refractivity contribution in [2.24, 2.45) is 11.8 Å². The van der Waals surface area contributed by atoms with Crippen LogP contribution in [0.4, 0.5) is 5.95 Å². The molecule has 0 saturated carbocycles. The number of carbonyl (C=O) groups is 1. The van der Waals surface area contributed by atoms with E-state index in [0.29, 0.717) is 12.4 Å². The number of Topliss-reactive ketones (excluding diaryl/α,β-unsaturated/α-hetero) is 1. The summed E-state index contributed by atoms with van der Waals surface area (Å²) in [6.45, 7) is 2.07. The fraction of sp³-hybridized carbons (Fsp3) is 0.312. The van der Waals surface area contributed by atoms with E-state index in [1.165, 1.54) is 6.33 Å². The molecular weight excluding hydrogens is 264 g/mol. The third kappa shape index (κ3) is 1.88. The molecule has 5 heteroatoms. The summed E-state index contributed by atoms with van der Waals surface area (Å²) < 4.78 is 1.82. The summed E-state index contributed by atoms with van der Waals surface area (Å²) in [7, 11) is 0. The van der Waals surface area contributed by atoms with Gasteiger partial charge in [0.2, 0.25) is 5.95 Å². The molecule has 1 aromatic carbocycles. The highest BCUT2D eigenvalue weighted by molar-refractivity contribution is 5.87. The molecule has 0 bridgehead atoms. The van der Waals surface area contributed by atoms with Gasteiger partial charge in [0, 0.05) is 12.1 Å². The molecule has 5 nitrogen and oxygen atoms in total. The SMILES string of the molecule is C[C@H]1C=C2Nc3ncnn3[C@@H](c3ccccc3)[C@@H]2C(=O)C1. The van der Waals surface area contributed by atoms with E-state index in [9.17, 15) is 4.79 Å². The van der Waals surface area contributed by atoms with Crippen molar-refractivity contribution in [3.63, 3.8) is 0 Å². The third-order valence-electron chi connectivity index (χ3n) is 4.22. The Morgan fingerprint density at radius 3 is 2.90 bits per heavy atom. The fourth-order valence-corrected chi connectivity index (χ4v) is 3.35. The first-order valence-corrected chi connectivity index (χ1v) is 7.20. The lowest BCUT2D eigenvalue weighted by molar-refractivity contribution is -0.123. The zero-order valence-corrected chi connectivity index (χ0v) is 11.7. The molecular formula is C16H16N4O. The highest BCUT2D eigenvalue weighted by Crippen LogP contribution is 2.41. The summed E-state index contributed by atoms with van der Waals surface area (Å²) in [6, 6.07) is 9.94. The van der Waals surface area contributed by atoms with Gasteiger partial charge in [0.05, 0.1) is 12.0 Å². The Morgan fingerprint density at radius 2 is 2.10 bits per heavy atom. The van der Waals surface area contributed by atoms with Gasteiger partial charge in [0.15, 0.2) is 0 Å². The minimum Gasteiger partial charge on any atom is -0.328 e. The predicted molar refractivity (Wildman–Crippen MR) is 78.6 cm³/mol. The number of hydrogen-bond acceptors (Lipinski definition) is 4. The molecule has 21 heavy (non-hydrogen) atoms. The molecule has 0 unspecified atom stereocenters. The number of benzene rings is 1. The summed E-state index contributed by atoms with van der Waals surface area (Å²) >= 11 is 0. The van der Waals surface area contributed by atoms with Crippen LogP contribution in [0.25, 0.3) is 0 Å². The molecule has 106 valence electrons. The number of aromatic nitrogens is 3. The number of nitrogens with zero attached hydrogens (tertiary/aromatic N) is 3. The van der Waals surface area contributed by atoms with Crippen LogP contribution in [0, 0.1) is 11.8 Å². The Labute approximate surface area is 122 Å². The molecule has 2 heterocycles. The van der Waals surface area contributed by atoms with E-state index < -0.39 is 0 Å². The number of allylic oxidation sites excluding steroid dienone is 2. The second kappa shape index (κ2) is 4.55. The van der Waals surface area contributed by atoms with Crippen LogP contribution in [0.5, 0.6) is 0 Å². The van der Waals surface area contributed by atoms with Gasteiger partial charge in [-0.1, -0.05) is 43.3 Å². The van der Waals surface area contributed by atoms with E-state index in [1.807, 2.05) is 35.0 Å². The van der Waals surface area contributed by atoms with Crippen molar-refractivity contribution >= 4 is 11.7 Å². The minimum atomic E-state index is -0.196. The van der Waals surface area contributed by atoms with E-state index in [4.69, 9.17) is 0 Å². The number of carbonyl (C=O) groups excluding carboxylic acids is 1. The van der Waals surface area contributed by atoms with Crippen LogP contribution >= 0.6 is 0 Å². The standard InChI is InChI=1S/C16H16N4O/c1-10-7-12-14(13(21)8-10)15(11-5-3-2-4-6-11)20-16(19-12)17-9-18-20/h2-7,9-10,14-15H,8H2,1H3,(H,17,18,19)/t10-,14-,15-/m0/s1. The third-order valence-corrected chi connectivity index (χ3v) is 4.22. The number of fused-ring (bicyclic) bond motifs is 2. The summed E-state index contributed by atoms with van der Waals surface area (Å²) in [5.74, 6) is 1.04. The van der Waals surface area contributed by atoms with Crippen LogP contribution in [-0.4, -0.2) is 20.5 Å². The van der Waals surface area contributed by atoms with Gasteiger partial charge in [-0.05, 0) is 11.5 Å². The van der Waals surface area contributed by atoms with Crippen LogP contribution in [0.1, 0.15) is 24.9 Å². The van der Waals surface area contributed by atoms with E-state index in [2.05, 4.69) is 28.4 Å². The maximum Gasteiger partial charge on any atom is 0.226 e. The van der Waals surface area contributed by atoms with Crippen LogP contribution in [0.2, 0.25) is 0 Å². The second-order valence-corrected chi connectivity index (χ2v) is 5.76. The normalized spacial score (nSPS) is 27.4. The second-order valence-electron chi connectivity index (χ2n) is 5.76. The molecule has 4 rings (SSSR count). The lowest BCUT2D eigenvalue weighted by atomic mass is 9.78. The lowest BCUT2D eigenvalue weighted by Crippen LogP contribution is -2.40. The van der Waals surface area contributed by atoms with E-state index in [1.54, 1.807) is 0 Å². The maximum absolute atomic E-state index is 12.6. The highest BCUT2D eigenvalue weighted by Gasteiger charge is 2.42. The number of anilines is 1. The first-order valence-electron chi connectivity index (χ1n) is 7.20. The van der Waals surface area contributed by atoms with Crippen molar-refractivity contribution in [3.05, 3.63) is 54.0 Å². The molecule has 3 atom stereocenters. The molecule has 1 N–H and O–H groups in total. The van der Waals surface area contributed by atoms with Crippen molar-refractivity contribution < 1.29 is 4.79 Å². The van der Waals surface area contributed by atoms with Crippen molar-refractivity contribution in [1.82, 2.24) is 14.8 Å². The van der Waals surface area contributed by atoms with Crippen LogP contribution < -0.4 is 5.32 Å². The summed E-state index contributed by atoms with van der Waals surface area (Å²) in [5, 5.41) is 7.59. The monoisotopic (exact) mass is 280 g/mol. The van der Waals surface area contributed by atoms with Gasteiger partial charge in [0.1, 0.15) is 12.1 Å². The van der Waals surface area contributed by atoms with Crippen LogP contribution in [-0.2, 0) is 4.79 Å². The Balaban J connectivity index is 1.90. The van der Waals surface area contributed by atoms with Gasteiger partial charge >= 0.3 is 0 Å². The van der Waals surface area contributed by atoms with Crippen molar-refractivity contribution in [3.8, 4) is 0 Å². The van der Waals surface area contributed by atoms with E-state index >= 15 is 0 Å². The predicted octanol–water partition coefficient (Wildman–Crippen LogP) is 2.40. The highest BCUT2D eigenvalue weighted by atomic mass is 16.1. The smallest absolute Gasteiger partial charge is 0.226 e. The molecule has 2 aromatic rings. The molecule has 0 radical (unpaired) electrons. The average molecular weight is 280 g/mol. The largest absolute Gasteiger partial charge is 0.328 e. The first-order chi connectivity index (χ1) is 10.2. The Morgan fingerprint density at radius 1 is 1.29 bits per heavy atom. The van der Waals surface area contributed by atoms with Crippen molar-refractivity contribution in [2.45, 2.75) is 19.4 Å². The van der Waals surface area contributed by atoms with E-state index in [0.717, 1.165) is 11.3 Å². The number of nitrogens with one attached hydrogen (secondary N) is 1. The average Bonchev–Trinajstić information content (AvgIpc) is 2.93. The van der Waals surface area contributed by atoms with Gasteiger partial charge in [-0.15, -0.1) is 0 Å². The van der Waals surface area contributed by atoms with E-state index in [-0.39, 0.29) is 23.7 Å². The zero-order valence-electron chi connectivity index (χ0n) is 11.7. The van der Waals surface area contributed by atoms with Crippen LogP contribution in [0.15, 0.2) is 48.4 Å². The quantitative estimate of drug-likeness (QED) is 0.871. The lowest BCUT2D eigenvalue weighted by Gasteiger charge is -2.37. The molecule has 1 aliphatic heterocycles. The Kier molecular flexibility index (Phi) is 2.67. The number of rotatable bonds is 1. The topological polar surface area (TPSA) is 59.8 Å². The molecule has 0 amide bonds. The van der Waals surface area contributed by atoms with Crippen LogP contribution in [0.3, 0.4) is 0 Å². The molecule has 2 aliphatic rings. The molecule has 0 saturated heterocycles. The molecule has 1 aromatic heterocycles. The minimum absolute atomic E-state index is 0.115.